The molecule has 0 aromatic heterocycles. The van der Waals surface area contributed by atoms with Crippen LogP contribution in [0.1, 0.15) is 52.2 Å². The molecule has 3 aromatic rings. The van der Waals surface area contributed by atoms with Crippen LogP contribution in [0.5, 0.6) is 0 Å². The Balaban J connectivity index is 0.00000154. The van der Waals surface area contributed by atoms with E-state index in [1.165, 1.54) is 6.26 Å². The number of anilines is 1. The van der Waals surface area contributed by atoms with Gasteiger partial charge in [-0.2, -0.15) is 0 Å². The molecule has 0 amide bonds. The molecule has 0 saturated heterocycles. The molecule has 5 nitrogen and oxygen atoms in total. The molecule has 7 heteroatoms. The molecule has 1 atom stereocenters. The van der Waals surface area contributed by atoms with Crippen LogP contribution in [-0.4, -0.2) is 25.9 Å². The number of rotatable bonds is 7. The lowest BCUT2D eigenvalue weighted by Gasteiger charge is -2.25. The number of halogens is 1. The summed E-state index contributed by atoms with van der Waals surface area (Å²) in [5.74, 6) is 6.54. The van der Waals surface area contributed by atoms with Crippen molar-refractivity contribution >= 4 is 32.8 Å². The summed E-state index contributed by atoms with van der Waals surface area (Å²) in [5, 5.41) is 11.9. The maximum absolute atomic E-state index is 11.9. The van der Waals surface area contributed by atoms with Crippen molar-refractivity contribution in [1.29, 1.82) is 0 Å². The lowest BCUT2D eigenvalue weighted by atomic mass is 10.0. The third-order valence-electron chi connectivity index (χ3n) is 5.11. The number of hydrogen-bond donors (Lipinski definition) is 2. The van der Waals surface area contributed by atoms with Crippen molar-refractivity contribution in [3.8, 4) is 11.1 Å². The van der Waals surface area contributed by atoms with E-state index in [-0.39, 0.29) is 4.90 Å². The molecule has 0 bridgehead atoms. The van der Waals surface area contributed by atoms with E-state index >= 15 is 0 Å². The molecule has 0 spiro atoms. The van der Waals surface area contributed by atoms with Gasteiger partial charge >= 0.3 is 0 Å². The first-order valence-electron chi connectivity index (χ1n) is 12.2. The summed E-state index contributed by atoms with van der Waals surface area (Å²) in [7, 11) is -3.29. The highest BCUT2D eigenvalue weighted by Gasteiger charge is 2.16. The quantitative estimate of drug-likeness (QED) is 0.248. The van der Waals surface area contributed by atoms with E-state index < -0.39 is 15.9 Å². The van der Waals surface area contributed by atoms with Gasteiger partial charge in [0.1, 0.15) is 0 Å². The predicted molar refractivity (Wildman–Crippen MR) is 155 cm³/mol. The maximum atomic E-state index is 11.9. The topological polar surface area (TPSA) is 83.6 Å². The molecule has 0 aliphatic carbocycles. The number of aliphatic hydroxyl groups is 1. The zero-order valence-electron chi connectivity index (χ0n) is 22.3. The molecule has 0 aliphatic rings. The van der Waals surface area contributed by atoms with Crippen molar-refractivity contribution in [2.75, 3.05) is 11.3 Å². The summed E-state index contributed by atoms with van der Waals surface area (Å²) in [4.78, 5) is 0.277. The molecule has 36 heavy (non-hydrogen) atoms. The first-order chi connectivity index (χ1) is 17.1. The summed E-state index contributed by atoms with van der Waals surface area (Å²) in [5.41, 5.74) is 4.82. The number of hydrazine groups is 1. The Bertz CT molecular complexity index is 1250. The van der Waals surface area contributed by atoms with E-state index in [0.717, 1.165) is 27.9 Å². The second-order valence-corrected chi connectivity index (χ2v) is 10.2. The van der Waals surface area contributed by atoms with Gasteiger partial charge in [-0.25, -0.2) is 14.3 Å². The minimum Gasteiger partial charge on any atom is -0.393 e. The molecule has 196 valence electrons. The first kappa shape index (κ1) is 31.4. The summed E-state index contributed by atoms with van der Waals surface area (Å²) in [6.45, 7) is 11.7. The molecule has 1 unspecified atom stereocenters. The van der Waals surface area contributed by atoms with Gasteiger partial charge in [0.2, 0.25) is 0 Å². The standard InChI is InChI=1S/C25H27ClN2O3S.2C2H6/c1-17-15-20(19-7-6-8-21(16-19)32(3,30)31)12-14-24(17)28(27)25(13-11-18(2)29)22-9-4-5-10-23(22)26;2*1-2/h4-10,12-16,18,29H,11,27H2,1-3H3;2*1-2H3/b25-13-;;. The van der Waals surface area contributed by atoms with Crippen LogP contribution in [0.25, 0.3) is 16.8 Å². The Morgan fingerprint density at radius 3 is 2.17 bits per heavy atom. The van der Waals surface area contributed by atoms with Crippen LogP contribution in [0.3, 0.4) is 0 Å². The zero-order chi connectivity index (χ0) is 27.5. The first-order valence-corrected chi connectivity index (χ1v) is 14.4. The summed E-state index contributed by atoms with van der Waals surface area (Å²) in [6.07, 6.45) is 2.97. The SMILES string of the molecule is CC.CC.Cc1cc(-c2cccc(S(C)(=O)=O)c2)ccc1N(N)/C(=C\CC(C)O)c1ccccc1Cl. The molecule has 0 fully saturated rings. The minimum absolute atomic E-state index is 0.277. The number of benzene rings is 3. The van der Waals surface area contributed by atoms with Gasteiger partial charge < -0.3 is 5.11 Å². The van der Waals surface area contributed by atoms with E-state index in [0.29, 0.717) is 17.1 Å². The van der Waals surface area contributed by atoms with Gasteiger partial charge in [0.05, 0.1) is 22.4 Å². The highest BCUT2D eigenvalue weighted by Crippen LogP contribution is 2.33. The van der Waals surface area contributed by atoms with Gasteiger partial charge in [-0.1, -0.05) is 81.8 Å². The van der Waals surface area contributed by atoms with Crippen LogP contribution in [0.2, 0.25) is 5.02 Å². The molecule has 3 N–H and O–H groups in total. The van der Waals surface area contributed by atoms with Gasteiger partial charge in [0.15, 0.2) is 9.84 Å². The monoisotopic (exact) mass is 530 g/mol. The third-order valence-corrected chi connectivity index (χ3v) is 6.55. The Labute approximate surface area is 222 Å². The Morgan fingerprint density at radius 2 is 1.61 bits per heavy atom. The smallest absolute Gasteiger partial charge is 0.175 e. The van der Waals surface area contributed by atoms with Crippen LogP contribution in [0.15, 0.2) is 77.7 Å². The molecule has 3 aromatic carbocycles. The van der Waals surface area contributed by atoms with Crippen LogP contribution in [0.4, 0.5) is 5.69 Å². The molecule has 0 saturated carbocycles. The molecular weight excluding hydrogens is 492 g/mol. The van der Waals surface area contributed by atoms with Crippen LogP contribution >= 0.6 is 11.6 Å². The summed E-state index contributed by atoms with van der Waals surface area (Å²) < 4.78 is 23.8. The second-order valence-electron chi connectivity index (χ2n) is 7.83. The van der Waals surface area contributed by atoms with Crippen molar-refractivity contribution in [1.82, 2.24) is 0 Å². The lowest BCUT2D eigenvalue weighted by Crippen LogP contribution is -2.30. The van der Waals surface area contributed by atoms with Crippen LogP contribution < -0.4 is 10.9 Å². The average molecular weight is 531 g/mol. The molecular formula is C29H39ClN2O3S. The van der Waals surface area contributed by atoms with Gasteiger partial charge in [0, 0.05) is 16.8 Å². The highest BCUT2D eigenvalue weighted by atomic mass is 35.5. The fourth-order valence-electron chi connectivity index (χ4n) is 3.43. The Hall–Kier alpha value is -2.64. The molecule has 3 rings (SSSR count). The van der Waals surface area contributed by atoms with Gasteiger partial charge in [-0.15, -0.1) is 0 Å². The number of sulfone groups is 1. The average Bonchev–Trinajstić information content (AvgIpc) is 2.87. The number of nitrogens with two attached hydrogens (primary N) is 1. The minimum atomic E-state index is -3.29. The lowest BCUT2D eigenvalue weighted by molar-refractivity contribution is 0.198. The van der Waals surface area contributed by atoms with E-state index in [1.807, 2.05) is 83.2 Å². The van der Waals surface area contributed by atoms with E-state index in [1.54, 1.807) is 36.2 Å². The van der Waals surface area contributed by atoms with Crippen molar-refractivity contribution in [2.45, 2.75) is 59.0 Å². The number of hydrogen-bond acceptors (Lipinski definition) is 5. The number of aryl methyl sites for hydroxylation is 1. The van der Waals surface area contributed by atoms with Gasteiger partial charge in [0.25, 0.3) is 0 Å². The van der Waals surface area contributed by atoms with E-state index in [2.05, 4.69) is 0 Å². The van der Waals surface area contributed by atoms with Crippen molar-refractivity contribution in [3.63, 3.8) is 0 Å². The summed E-state index contributed by atoms with van der Waals surface area (Å²) >= 11 is 6.43. The normalized spacial score (nSPS) is 12.0. The number of aliphatic hydroxyl groups excluding tert-OH is 1. The molecule has 0 radical (unpaired) electrons. The Kier molecular flexibility index (Phi) is 12.9. The van der Waals surface area contributed by atoms with Gasteiger partial charge in [-0.05, 0) is 67.3 Å². The molecule has 0 heterocycles. The van der Waals surface area contributed by atoms with Crippen molar-refractivity contribution in [3.05, 3.63) is 89.0 Å². The van der Waals surface area contributed by atoms with Crippen molar-refractivity contribution in [2.24, 2.45) is 5.84 Å². The Morgan fingerprint density at radius 1 is 1.00 bits per heavy atom. The third kappa shape index (κ3) is 8.49. The second kappa shape index (κ2) is 14.8. The zero-order valence-corrected chi connectivity index (χ0v) is 23.9. The van der Waals surface area contributed by atoms with Gasteiger partial charge in [-0.3, -0.25) is 5.01 Å². The van der Waals surface area contributed by atoms with E-state index in [9.17, 15) is 13.5 Å². The highest BCUT2D eigenvalue weighted by molar-refractivity contribution is 7.90. The van der Waals surface area contributed by atoms with E-state index in [4.69, 9.17) is 17.4 Å². The fourth-order valence-corrected chi connectivity index (χ4v) is 4.33. The van der Waals surface area contributed by atoms with Crippen molar-refractivity contribution < 1.29 is 13.5 Å². The largest absolute Gasteiger partial charge is 0.393 e. The van der Waals surface area contributed by atoms with Crippen LogP contribution in [0, 0.1) is 6.92 Å². The number of nitrogens with zero attached hydrogens (tertiary/aromatic N) is 1. The predicted octanol–water partition coefficient (Wildman–Crippen LogP) is 7.26. The van der Waals surface area contributed by atoms with Crippen LogP contribution in [-0.2, 0) is 9.84 Å². The fraction of sp³-hybridized carbons (Fsp3) is 0.310. The summed E-state index contributed by atoms with van der Waals surface area (Å²) in [6, 6.07) is 20.1. The molecule has 0 aliphatic heterocycles. The maximum Gasteiger partial charge on any atom is 0.175 e.